The molecule has 6 nitrogen and oxygen atoms in total. The van der Waals surface area contributed by atoms with Crippen molar-refractivity contribution in [2.45, 2.75) is 25.7 Å². The van der Waals surface area contributed by atoms with Crippen LogP contribution in [0, 0.1) is 6.92 Å². The number of hydrogen-bond donors (Lipinski definition) is 1. The van der Waals surface area contributed by atoms with Gasteiger partial charge in [0.2, 0.25) is 11.0 Å². The molecule has 21 heavy (non-hydrogen) atoms. The van der Waals surface area contributed by atoms with Crippen molar-refractivity contribution in [1.29, 1.82) is 0 Å². The van der Waals surface area contributed by atoms with Crippen LogP contribution in [0.3, 0.4) is 0 Å². The molecule has 0 aliphatic heterocycles. The Bertz CT molecular complexity index is 716. The predicted molar refractivity (Wildman–Crippen MR) is 82.5 cm³/mol. The first kappa shape index (κ1) is 14.2. The first-order valence-electron chi connectivity index (χ1n) is 6.56. The average Bonchev–Trinajstić information content (AvgIpc) is 3.13. The molecule has 8 heteroatoms. The smallest absolute Gasteiger partial charge is 0.250 e. The highest BCUT2D eigenvalue weighted by Gasteiger charge is 2.27. The molecule has 3 rings (SSSR count). The summed E-state index contributed by atoms with van der Waals surface area (Å²) in [6.45, 7) is 1.84. The summed E-state index contributed by atoms with van der Waals surface area (Å²) in [4.78, 5) is 11.9. The molecule has 1 amide bonds. The fourth-order valence-electron chi connectivity index (χ4n) is 1.92. The zero-order chi connectivity index (χ0) is 15.0. The van der Waals surface area contributed by atoms with Crippen LogP contribution < -0.4 is 5.32 Å². The van der Waals surface area contributed by atoms with Gasteiger partial charge in [-0.15, -0.1) is 10.2 Å². The van der Waals surface area contributed by atoms with Gasteiger partial charge < -0.3 is 0 Å². The summed E-state index contributed by atoms with van der Waals surface area (Å²) in [5.41, 5.74) is 1.52. The molecule has 1 fully saturated rings. The Hall–Kier alpha value is -1.73. The van der Waals surface area contributed by atoms with Gasteiger partial charge in [-0.2, -0.15) is 5.10 Å². The van der Waals surface area contributed by atoms with Gasteiger partial charge in [0.15, 0.2) is 0 Å². The Morgan fingerprint density at radius 2 is 2.24 bits per heavy atom. The first-order chi connectivity index (χ1) is 10.0. The van der Waals surface area contributed by atoms with E-state index in [2.05, 4.69) is 20.6 Å². The molecule has 110 valence electrons. The summed E-state index contributed by atoms with van der Waals surface area (Å²) in [5.74, 6) is 0.286. The molecule has 2 heterocycles. The number of carbonyl (C=O) groups is 1. The molecule has 2 aromatic heterocycles. The first-order valence-corrected chi connectivity index (χ1v) is 7.75. The third kappa shape index (κ3) is 3.14. The van der Waals surface area contributed by atoms with Gasteiger partial charge in [-0.1, -0.05) is 22.9 Å². The standard InChI is InChI=1S/C13H14ClN5OS/c1-7-9(11(14)19(2)18-7)5-6-10(20)15-13-17-16-12(21-13)8-3-4-8/h5-6,8H,3-4H2,1-2H3,(H,15,17,20)/b6-5+. The van der Waals surface area contributed by atoms with E-state index < -0.39 is 0 Å². The van der Waals surface area contributed by atoms with Gasteiger partial charge in [0.05, 0.1) is 5.69 Å². The number of nitrogens with zero attached hydrogens (tertiary/aromatic N) is 4. The Labute approximate surface area is 130 Å². The number of rotatable bonds is 4. The second-order valence-corrected chi connectivity index (χ2v) is 6.32. The van der Waals surface area contributed by atoms with Crippen LogP contribution in [-0.2, 0) is 11.8 Å². The van der Waals surface area contributed by atoms with Crippen molar-refractivity contribution in [3.63, 3.8) is 0 Å². The van der Waals surface area contributed by atoms with Gasteiger partial charge in [-0.3, -0.25) is 14.8 Å². The number of anilines is 1. The van der Waals surface area contributed by atoms with Gasteiger partial charge in [0, 0.05) is 24.6 Å². The molecule has 0 spiro atoms. The quantitative estimate of drug-likeness (QED) is 0.878. The van der Waals surface area contributed by atoms with Crippen LogP contribution in [0.1, 0.15) is 35.0 Å². The van der Waals surface area contributed by atoms with E-state index >= 15 is 0 Å². The van der Waals surface area contributed by atoms with E-state index in [0.717, 1.165) is 16.3 Å². The van der Waals surface area contributed by atoms with Gasteiger partial charge >= 0.3 is 0 Å². The maximum absolute atomic E-state index is 11.9. The van der Waals surface area contributed by atoms with Gasteiger partial charge in [-0.25, -0.2) is 0 Å². The highest BCUT2D eigenvalue weighted by Crippen LogP contribution is 2.42. The van der Waals surface area contributed by atoms with Crippen LogP contribution in [0.2, 0.25) is 5.15 Å². The molecule has 1 aliphatic rings. The number of hydrogen-bond acceptors (Lipinski definition) is 5. The largest absolute Gasteiger partial charge is 0.297 e. The lowest BCUT2D eigenvalue weighted by atomic mass is 10.2. The molecular formula is C13H14ClN5OS. The normalized spacial score (nSPS) is 14.8. The summed E-state index contributed by atoms with van der Waals surface area (Å²) in [6.07, 6.45) is 5.42. The summed E-state index contributed by atoms with van der Waals surface area (Å²) >= 11 is 7.53. The molecule has 2 aromatic rings. The lowest BCUT2D eigenvalue weighted by molar-refractivity contribution is -0.111. The molecule has 0 bridgehead atoms. The predicted octanol–water partition coefficient (Wildman–Crippen LogP) is 2.76. The van der Waals surface area contributed by atoms with E-state index in [4.69, 9.17) is 11.6 Å². The summed E-state index contributed by atoms with van der Waals surface area (Å²) < 4.78 is 1.57. The second-order valence-electron chi connectivity index (χ2n) is 4.96. The third-order valence-corrected chi connectivity index (χ3v) is 4.64. The van der Waals surface area contributed by atoms with E-state index in [1.807, 2.05) is 6.92 Å². The minimum atomic E-state index is -0.257. The summed E-state index contributed by atoms with van der Waals surface area (Å²) in [7, 11) is 1.76. The number of amides is 1. The molecule has 1 N–H and O–H groups in total. The SMILES string of the molecule is Cc1nn(C)c(Cl)c1/C=C/C(=O)Nc1nnc(C2CC2)s1. The van der Waals surface area contributed by atoms with Crippen molar-refractivity contribution in [1.82, 2.24) is 20.0 Å². The lowest BCUT2D eigenvalue weighted by Gasteiger charge is -1.95. The van der Waals surface area contributed by atoms with Crippen LogP contribution in [0.5, 0.6) is 0 Å². The molecule has 0 unspecified atom stereocenters. The molecule has 0 radical (unpaired) electrons. The molecule has 0 aromatic carbocycles. The van der Waals surface area contributed by atoms with Crippen molar-refractivity contribution in [3.8, 4) is 0 Å². The highest BCUT2D eigenvalue weighted by molar-refractivity contribution is 7.15. The monoisotopic (exact) mass is 323 g/mol. The van der Waals surface area contributed by atoms with Crippen LogP contribution in [-0.4, -0.2) is 25.9 Å². The van der Waals surface area contributed by atoms with Gasteiger partial charge in [0.1, 0.15) is 10.2 Å². The fraction of sp³-hybridized carbons (Fsp3) is 0.385. The maximum atomic E-state index is 11.9. The van der Waals surface area contributed by atoms with Crippen molar-refractivity contribution in [2.75, 3.05) is 5.32 Å². The van der Waals surface area contributed by atoms with Crippen LogP contribution >= 0.6 is 22.9 Å². The molecule has 1 saturated carbocycles. The van der Waals surface area contributed by atoms with Crippen LogP contribution in [0.15, 0.2) is 6.08 Å². The van der Waals surface area contributed by atoms with E-state index in [0.29, 0.717) is 16.2 Å². The number of aryl methyl sites for hydroxylation is 2. The van der Waals surface area contributed by atoms with Gasteiger partial charge in [0.25, 0.3) is 0 Å². The third-order valence-electron chi connectivity index (χ3n) is 3.19. The highest BCUT2D eigenvalue weighted by atomic mass is 35.5. The van der Waals surface area contributed by atoms with Crippen molar-refractivity contribution in [3.05, 3.63) is 27.5 Å². The lowest BCUT2D eigenvalue weighted by Crippen LogP contribution is -2.07. The average molecular weight is 324 g/mol. The minimum Gasteiger partial charge on any atom is -0.297 e. The number of nitrogens with one attached hydrogen (secondary N) is 1. The van der Waals surface area contributed by atoms with E-state index in [1.54, 1.807) is 17.8 Å². The van der Waals surface area contributed by atoms with Crippen molar-refractivity contribution < 1.29 is 4.79 Å². The number of halogens is 1. The topological polar surface area (TPSA) is 72.7 Å². The van der Waals surface area contributed by atoms with E-state index in [1.165, 1.54) is 30.3 Å². The Balaban J connectivity index is 1.66. The number of carbonyl (C=O) groups excluding carboxylic acids is 1. The Morgan fingerprint density at radius 3 is 2.86 bits per heavy atom. The van der Waals surface area contributed by atoms with E-state index in [9.17, 15) is 4.79 Å². The van der Waals surface area contributed by atoms with Crippen molar-refractivity contribution >= 4 is 40.1 Å². The minimum absolute atomic E-state index is 0.257. The second kappa shape index (κ2) is 5.57. The zero-order valence-electron chi connectivity index (χ0n) is 11.6. The van der Waals surface area contributed by atoms with Crippen molar-refractivity contribution in [2.24, 2.45) is 7.05 Å². The Morgan fingerprint density at radius 1 is 1.48 bits per heavy atom. The number of aromatic nitrogens is 4. The summed E-state index contributed by atoms with van der Waals surface area (Å²) in [6, 6.07) is 0. The van der Waals surface area contributed by atoms with E-state index in [-0.39, 0.29) is 5.91 Å². The van der Waals surface area contributed by atoms with Crippen LogP contribution in [0.4, 0.5) is 5.13 Å². The fourth-order valence-corrected chi connectivity index (χ4v) is 3.08. The zero-order valence-corrected chi connectivity index (χ0v) is 13.2. The Kier molecular flexibility index (Phi) is 3.77. The molecule has 0 atom stereocenters. The maximum Gasteiger partial charge on any atom is 0.250 e. The molecule has 0 saturated heterocycles. The summed E-state index contributed by atoms with van der Waals surface area (Å²) in [5, 5.41) is 17.0. The molecular weight excluding hydrogens is 310 g/mol. The molecule has 1 aliphatic carbocycles. The van der Waals surface area contributed by atoms with Gasteiger partial charge in [-0.05, 0) is 25.8 Å². The van der Waals surface area contributed by atoms with Crippen LogP contribution in [0.25, 0.3) is 6.08 Å².